The first-order valence-electron chi connectivity index (χ1n) is 5.35. The number of esters is 1. The molecule has 0 aliphatic rings. The number of carbonyl (C=O) groups is 1. The zero-order valence-corrected chi connectivity index (χ0v) is 11.5. The van der Waals surface area contributed by atoms with Gasteiger partial charge in [0.2, 0.25) is 5.88 Å². The Kier molecular flexibility index (Phi) is 3.19. The minimum atomic E-state index is -0.358. The molecule has 0 spiro atoms. The molecule has 1 aromatic carbocycles. The van der Waals surface area contributed by atoms with Crippen LogP contribution in [0, 0.1) is 0 Å². The number of fused-ring (bicyclic) bond motifs is 1. The van der Waals surface area contributed by atoms with Crippen LogP contribution in [0.3, 0.4) is 0 Å². The van der Waals surface area contributed by atoms with Crippen molar-refractivity contribution < 1.29 is 9.53 Å². The van der Waals surface area contributed by atoms with Gasteiger partial charge in [-0.2, -0.15) is 0 Å². The highest BCUT2D eigenvalue weighted by molar-refractivity contribution is 9.10. The second-order valence-corrected chi connectivity index (χ2v) is 5.01. The number of aromatic nitrogens is 2. The van der Waals surface area contributed by atoms with Gasteiger partial charge in [-0.25, -0.2) is 0 Å². The van der Waals surface area contributed by atoms with Gasteiger partial charge in [-0.1, -0.05) is 15.9 Å². The van der Waals surface area contributed by atoms with Crippen LogP contribution in [0.4, 0.5) is 0 Å². The van der Waals surface area contributed by atoms with Crippen LogP contribution >= 0.6 is 15.9 Å². The van der Waals surface area contributed by atoms with Gasteiger partial charge >= 0.3 is 5.97 Å². The summed E-state index contributed by atoms with van der Waals surface area (Å²) in [5, 5.41) is 5.17. The van der Waals surface area contributed by atoms with Gasteiger partial charge in [0.25, 0.3) is 0 Å². The molecule has 0 radical (unpaired) electrons. The Balaban J connectivity index is 2.66. The Morgan fingerprint density at radius 1 is 1.47 bits per heavy atom. The molecular formula is C12H13BrN2O2. The molecule has 0 unspecified atom stereocenters. The second kappa shape index (κ2) is 4.49. The van der Waals surface area contributed by atoms with E-state index in [0.29, 0.717) is 5.88 Å². The van der Waals surface area contributed by atoms with Crippen LogP contribution in [0.25, 0.3) is 10.9 Å². The van der Waals surface area contributed by atoms with Gasteiger partial charge in [-0.15, -0.1) is 5.10 Å². The van der Waals surface area contributed by atoms with E-state index in [1.165, 1.54) is 6.92 Å². The Morgan fingerprint density at radius 2 is 2.18 bits per heavy atom. The molecule has 0 saturated heterocycles. The highest BCUT2D eigenvalue weighted by Gasteiger charge is 2.15. The van der Waals surface area contributed by atoms with E-state index in [4.69, 9.17) is 4.74 Å². The molecule has 0 atom stereocenters. The summed E-state index contributed by atoms with van der Waals surface area (Å²) in [6.07, 6.45) is 0. The minimum Gasteiger partial charge on any atom is -0.405 e. The summed E-state index contributed by atoms with van der Waals surface area (Å²) >= 11 is 3.43. The highest BCUT2D eigenvalue weighted by atomic mass is 79.9. The van der Waals surface area contributed by atoms with Gasteiger partial charge < -0.3 is 4.74 Å². The number of rotatable bonds is 2. The highest BCUT2D eigenvalue weighted by Crippen LogP contribution is 2.29. The molecule has 17 heavy (non-hydrogen) atoms. The molecule has 0 aliphatic heterocycles. The number of benzene rings is 1. The van der Waals surface area contributed by atoms with Crippen LogP contribution in [0.2, 0.25) is 0 Å². The van der Waals surface area contributed by atoms with Gasteiger partial charge in [0.15, 0.2) is 0 Å². The van der Waals surface area contributed by atoms with E-state index in [-0.39, 0.29) is 12.0 Å². The third-order valence-electron chi connectivity index (χ3n) is 2.37. The van der Waals surface area contributed by atoms with Crippen LogP contribution < -0.4 is 4.74 Å². The van der Waals surface area contributed by atoms with E-state index in [1.54, 1.807) is 0 Å². The van der Waals surface area contributed by atoms with Crippen molar-refractivity contribution in [2.24, 2.45) is 0 Å². The van der Waals surface area contributed by atoms with Gasteiger partial charge in [0, 0.05) is 17.4 Å². The van der Waals surface area contributed by atoms with Crippen LogP contribution in [0.5, 0.6) is 5.88 Å². The molecule has 5 heteroatoms. The van der Waals surface area contributed by atoms with Gasteiger partial charge in [0.05, 0.1) is 10.9 Å². The van der Waals surface area contributed by atoms with Crippen molar-refractivity contribution in [3.63, 3.8) is 0 Å². The Labute approximate surface area is 108 Å². The van der Waals surface area contributed by atoms with Crippen LogP contribution in [-0.2, 0) is 4.79 Å². The van der Waals surface area contributed by atoms with E-state index in [9.17, 15) is 4.79 Å². The largest absolute Gasteiger partial charge is 0.405 e. The SMILES string of the molecule is CC(=O)Oc1nn(C(C)C)c2cc(Br)ccc12. The molecule has 2 aromatic rings. The first-order valence-corrected chi connectivity index (χ1v) is 6.14. The lowest BCUT2D eigenvalue weighted by Gasteiger charge is -2.06. The fourth-order valence-electron chi connectivity index (χ4n) is 1.69. The smallest absolute Gasteiger partial charge is 0.309 e. The molecule has 0 fully saturated rings. The zero-order chi connectivity index (χ0) is 12.6. The van der Waals surface area contributed by atoms with Gasteiger partial charge in [0.1, 0.15) is 0 Å². The molecular weight excluding hydrogens is 284 g/mol. The van der Waals surface area contributed by atoms with Gasteiger partial charge in [-0.05, 0) is 32.0 Å². The first-order chi connectivity index (χ1) is 7.99. The molecule has 0 amide bonds. The van der Waals surface area contributed by atoms with Crippen molar-refractivity contribution in [3.05, 3.63) is 22.7 Å². The summed E-state index contributed by atoms with van der Waals surface area (Å²) in [6.45, 7) is 5.44. The van der Waals surface area contributed by atoms with Crippen molar-refractivity contribution in [1.29, 1.82) is 0 Å². The fraction of sp³-hybridized carbons (Fsp3) is 0.333. The Bertz CT molecular complexity index is 575. The predicted octanol–water partition coefficient (Wildman–Crippen LogP) is 3.31. The van der Waals surface area contributed by atoms with Crippen LogP contribution in [0.1, 0.15) is 26.8 Å². The van der Waals surface area contributed by atoms with E-state index < -0.39 is 0 Å². The normalized spacial score (nSPS) is 11.1. The summed E-state index contributed by atoms with van der Waals surface area (Å²) in [6, 6.07) is 5.97. The van der Waals surface area contributed by atoms with E-state index in [2.05, 4.69) is 21.0 Å². The fourth-order valence-corrected chi connectivity index (χ4v) is 2.03. The number of hydrogen-bond donors (Lipinski definition) is 0. The van der Waals surface area contributed by atoms with Crippen LogP contribution in [0.15, 0.2) is 22.7 Å². The molecule has 0 bridgehead atoms. The van der Waals surface area contributed by atoms with E-state index >= 15 is 0 Å². The van der Waals surface area contributed by atoms with E-state index in [0.717, 1.165) is 15.4 Å². The van der Waals surface area contributed by atoms with E-state index in [1.807, 2.05) is 36.7 Å². The minimum absolute atomic E-state index is 0.205. The van der Waals surface area contributed by atoms with Crippen molar-refractivity contribution in [2.45, 2.75) is 26.8 Å². The summed E-state index contributed by atoms with van der Waals surface area (Å²) in [7, 11) is 0. The second-order valence-electron chi connectivity index (χ2n) is 4.10. The molecule has 1 aromatic heterocycles. The number of carbonyl (C=O) groups excluding carboxylic acids is 1. The lowest BCUT2D eigenvalue weighted by Crippen LogP contribution is -2.05. The van der Waals surface area contributed by atoms with Crippen molar-refractivity contribution >= 4 is 32.8 Å². The van der Waals surface area contributed by atoms with Crippen molar-refractivity contribution in [2.75, 3.05) is 0 Å². The molecule has 4 nitrogen and oxygen atoms in total. The van der Waals surface area contributed by atoms with Crippen molar-refractivity contribution in [3.8, 4) is 5.88 Å². The topological polar surface area (TPSA) is 44.1 Å². The van der Waals surface area contributed by atoms with Crippen molar-refractivity contribution in [1.82, 2.24) is 9.78 Å². The predicted molar refractivity (Wildman–Crippen MR) is 69.1 cm³/mol. The zero-order valence-electron chi connectivity index (χ0n) is 9.90. The summed E-state index contributed by atoms with van der Waals surface area (Å²) in [5.41, 5.74) is 0.950. The third-order valence-corrected chi connectivity index (χ3v) is 2.86. The summed E-state index contributed by atoms with van der Waals surface area (Å²) < 4.78 is 7.93. The molecule has 90 valence electrons. The molecule has 0 aliphatic carbocycles. The maximum atomic E-state index is 11.0. The monoisotopic (exact) mass is 296 g/mol. The molecule has 2 rings (SSSR count). The quantitative estimate of drug-likeness (QED) is 0.799. The number of ether oxygens (including phenoxy) is 1. The lowest BCUT2D eigenvalue weighted by atomic mass is 10.2. The average Bonchev–Trinajstić information content (AvgIpc) is 2.55. The average molecular weight is 297 g/mol. The Hall–Kier alpha value is -1.36. The lowest BCUT2D eigenvalue weighted by molar-refractivity contribution is -0.132. The van der Waals surface area contributed by atoms with Gasteiger partial charge in [-0.3, -0.25) is 9.48 Å². The number of nitrogens with zero attached hydrogens (tertiary/aromatic N) is 2. The summed E-state index contributed by atoms with van der Waals surface area (Å²) in [4.78, 5) is 11.0. The molecule has 1 heterocycles. The number of hydrogen-bond acceptors (Lipinski definition) is 3. The number of halogens is 1. The van der Waals surface area contributed by atoms with Crippen LogP contribution in [-0.4, -0.2) is 15.7 Å². The maximum Gasteiger partial charge on any atom is 0.309 e. The maximum absolute atomic E-state index is 11.0. The Morgan fingerprint density at radius 3 is 2.76 bits per heavy atom. The standard InChI is InChI=1S/C12H13BrN2O2/c1-7(2)15-11-6-9(13)4-5-10(11)12(14-15)17-8(3)16/h4-7H,1-3H3. The summed E-state index contributed by atoms with van der Waals surface area (Å²) in [5.74, 6) is 0.0110. The molecule has 0 saturated carbocycles. The third kappa shape index (κ3) is 2.34. The molecule has 0 N–H and O–H groups in total. The first kappa shape index (κ1) is 12.1.